The number of fused-ring (bicyclic) bond motifs is 2. The molecule has 5 heteroatoms. The summed E-state index contributed by atoms with van der Waals surface area (Å²) in [5.41, 5.74) is 2.58. The van der Waals surface area contributed by atoms with Gasteiger partial charge in [-0.2, -0.15) is 0 Å². The zero-order valence-electron chi connectivity index (χ0n) is 15.9. The number of amides is 1. The summed E-state index contributed by atoms with van der Waals surface area (Å²) in [4.78, 5) is 21.2. The van der Waals surface area contributed by atoms with Crippen LogP contribution in [-0.2, 0) is 6.54 Å². The van der Waals surface area contributed by atoms with Gasteiger partial charge in [0.05, 0.1) is 12.1 Å². The maximum atomic E-state index is 13.4. The van der Waals surface area contributed by atoms with Gasteiger partial charge in [-0.1, -0.05) is 31.0 Å². The van der Waals surface area contributed by atoms with Crippen molar-refractivity contribution in [3.8, 4) is 0 Å². The molecule has 1 fully saturated rings. The number of carbonyl (C=O) groups is 1. The summed E-state index contributed by atoms with van der Waals surface area (Å²) in [6, 6.07) is 14.5. The molecular weight excluding hydrogens is 368 g/mol. The molecule has 1 aromatic carbocycles. The molecule has 0 unspecified atom stereocenters. The third kappa shape index (κ3) is 3.20. The number of nitrogens with zero attached hydrogens (tertiary/aromatic N) is 2. The van der Waals surface area contributed by atoms with Gasteiger partial charge in [0.15, 0.2) is 5.76 Å². The van der Waals surface area contributed by atoms with E-state index in [1.54, 1.807) is 11.3 Å². The van der Waals surface area contributed by atoms with Gasteiger partial charge in [0, 0.05) is 21.7 Å². The van der Waals surface area contributed by atoms with Crippen molar-refractivity contribution >= 4 is 39.2 Å². The van der Waals surface area contributed by atoms with Gasteiger partial charge >= 0.3 is 0 Å². The highest BCUT2D eigenvalue weighted by molar-refractivity contribution is 7.09. The molecule has 0 bridgehead atoms. The van der Waals surface area contributed by atoms with Crippen LogP contribution < -0.4 is 0 Å². The number of aromatic nitrogens is 1. The molecule has 1 aliphatic carbocycles. The molecule has 0 radical (unpaired) electrons. The van der Waals surface area contributed by atoms with Gasteiger partial charge in [-0.15, -0.1) is 11.3 Å². The molecule has 3 heterocycles. The minimum Gasteiger partial charge on any atom is -0.433 e. The first-order valence-electron chi connectivity index (χ1n) is 9.82. The van der Waals surface area contributed by atoms with Gasteiger partial charge in [-0.3, -0.25) is 4.79 Å². The van der Waals surface area contributed by atoms with Gasteiger partial charge < -0.3 is 9.32 Å². The van der Waals surface area contributed by atoms with Crippen molar-refractivity contribution in [2.24, 2.45) is 0 Å². The molecular formula is C23H22N2O2S. The number of thiophene rings is 1. The van der Waals surface area contributed by atoms with Crippen LogP contribution in [0.15, 0.2) is 52.3 Å². The molecule has 4 aromatic rings. The van der Waals surface area contributed by atoms with E-state index in [1.807, 2.05) is 30.0 Å². The number of benzene rings is 1. The summed E-state index contributed by atoms with van der Waals surface area (Å²) in [7, 11) is 0. The van der Waals surface area contributed by atoms with Crippen LogP contribution in [0.1, 0.15) is 46.7 Å². The molecule has 0 saturated heterocycles. The Morgan fingerprint density at radius 1 is 1.18 bits per heavy atom. The molecule has 1 amide bonds. The fourth-order valence-electron chi connectivity index (χ4n) is 4.14. The maximum Gasteiger partial charge on any atom is 0.290 e. The predicted molar refractivity (Wildman–Crippen MR) is 113 cm³/mol. The van der Waals surface area contributed by atoms with E-state index in [4.69, 9.17) is 4.42 Å². The fourth-order valence-corrected chi connectivity index (χ4v) is 4.84. The first-order valence-corrected chi connectivity index (χ1v) is 10.7. The molecule has 1 aliphatic rings. The maximum absolute atomic E-state index is 13.4. The van der Waals surface area contributed by atoms with E-state index in [2.05, 4.69) is 34.6 Å². The fraction of sp³-hybridized carbons (Fsp3) is 0.304. The Bertz CT molecular complexity index is 1140. The average molecular weight is 391 g/mol. The Kier molecular flexibility index (Phi) is 4.40. The van der Waals surface area contributed by atoms with Crippen LogP contribution in [0.5, 0.6) is 0 Å². The van der Waals surface area contributed by atoms with Crippen LogP contribution in [-0.4, -0.2) is 21.8 Å². The highest BCUT2D eigenvalue weighted by Crippen LogP contribution is 2.29. The van der Waals surface area contributed by atoms with Crippen molar-refractivity contribution < 1.29 is 9.21 Å². The standard InChI is InChI=1S/C23H22N2O2S/c1-15-8-9-16-12-17-13-21(27-22(17)24-20(16)11-15)23(26)25(18-5-2-3-6-18)14-19-7-4-10-28-19/h4,7-13,18H,2-3,5-6,14H2,1H3. The lowest BCUT2D eigenvalue weighted by Crippen LogP contribution is -2.37. The van der Waals surface area contributed by atoms with Crippen molar-refractivity contribution in [2.75, 3.05) is 0 Å². The first kappa shape index (κ1) is 17.4. The number of hydrogen-bond acceptors (Lipinski definition) is 4. The minimum atomic E-state index is -0.0291. The second-order valence-electron chi connectivity index (χ2n) is 7.64. The highest BCUT2D eigenvalue weighted by atomic mass is 32.1. The number of rotatable bonds is 4. The van der Waals surface area contributed by atoms with E-state index < -0.39 is 0 Å². The summed E-state index contributed by atoms with van der Waals surface area (Å²) >= 11 is 1.69. The highest BCUT2D eigenvalue weighted by Gasteiger charge is 2.30. The van der Waals surface area contributed by atoms with E-state index in [-0.39, 0.29) is 11.9 Å². The summed E-state index contributed by atoms with van der Waals surface area (Å²) in [6.07, 6.45) is 4.51. The number of furan rings is 1. The molecule has 0 spiro atoms. The van der Waals surface area contributed by atoms with Gasteiger partial charge in [-0.25, -0.2) is 4.98 Å². The van der Waals surface area contributed by atoms with E-state index in [1.165, 1.54) is 17.7 Å². The zero-order valence-corrected chi connectivity index (χ0v) is 16.7. The van der Waals surface area contributed by atoms with E-state index >= 15 is 0 Å². The second kappa shape index (κ2) is 7.06. The van der Waals surface area contributed by atoms with Crippen LogP contribution in [0, 0.1) is 6.92 Å². The zero-order chi connectivity index (χ0) is 19.1. The van der Waals surface area contributed by atoms with E-state index in [9.17, 15) is 4.79 Å². The number of aryl methyl sites for hydroxylation is 1. The Balaban J connectivity index is 1.52. The van der Waals surface area contributed by atoms with Crippen molar-refractivity contribution in [3.05, 3.63) is 64.0 Å². The molecule has 0 N–H and O–H groups in total. The first-order chi connectivity index (χ1) is 13.7. The van der Waals surface area contributed by atoms with Crippen molar-refractivity contribution in [3.63, 3.8) is 0 Å². The Hall–Kier alpha value is -2.66. The molecule has 5 rings (SSSR count). The molecule has 4 nitrogen and oxygen atoms in total. The average Bonchev–Trinajstić information content (AvgIpc) is 3.45. The van der Waals surface area contributed by atoms with Crippen LogP contribution in [0.3, 0.4) is 0 Å². The van der Waals surface area contributed by atoms with Crippen molar-refractivity contribution in [1.82, 2.24) is 9.88 Å². The van der Waals surface area contributed by atoms with Gasteiger partial charge in [0.2, 0.25) is 5.71 Å². The lowest BCUT2D eigenvalue weighted by atomic mass is 10.1. The van der Waals surface area contributed by atoms with Crippen LogP contribution in [0.25, 0.3) is 22.0 Å². The summed E-state index contributed by atoms with van der Waals surface area (Å²) < 4.78 is 5.94. The second-order valence-corrected chi connectivity index (χ2v) is 8.67. The summed E-state index contributed by atoms with van der Waals surface area (Å²) in [6.45, 7) is 2.69. The van der Waals surface area contributed by atoms with Crippen molar-refractivity contribution in [2.45, 2.75) is 45.2 Å². The molecule has 0 atom stereocenters. The van der Waals surface area contributed by atoms with E-state index in [0.717, 1.165) is 34.7 Å². The molecule has 28 heavy (non-hydrogen) atoms. The number of hydrogen-bond donors (Lipinski definition) is 0. The summed E-state index contributed by atoms with van der Waals surface area (Å²) in [5.74, 6) is 0.358. The molecule has 142 valence electrons. The van der Waals surface area contributed by atoms with Crippen LogP contribution >= 0.6 is 11.3 Å². The largest absolute Gasteiger partial charge is 0.433 e. The van der Waals surface area contributed by atoms with Gasteiger partial charge in [-0.05, 0) is 55.0 Å². The molecule has 0 aliphatic heterocycles. The Labute approximate surface area is 167 Å². The SMILES string of the molecule is Cc1ccc2cc3cc(C(=O)N(Cc4cccs4)C4CCCC4)oc3nc2c1. The third-order valence-electron chi connectivity index (χ3n) is 5.60. The number of pyridine rings is 1. The lowest BCUT2D eigenvalue weighted by Gasteiger charge is -2.27. The smallest absolute Gasteiger partial charge is 0.290 e. The van der Waals surface area contributed by atoms with E-state index in [0.29, 0.717) is 18.0 Å². The van der Waals surface area contributed by atoms with Crippen molar-refractivity contribution in [1.29, 1.82) is 0 Å². The van der Waals surface area contributed by atoms with Crippen LogP contribution in [0.4, 0.5) is 0 Å². The normalized spacial score (nSPS) is 14.9. The van der Waals surface area contributed by atoms with Gasteiger partial charge in [0.25, 0.3) is 5.91 Å². The predicted octanol–water partition coefficient (Wildman–Crippen LogP) is 5.94. The quantitative estimate of drug-likeness (QED) is 0.433. The summed E-state index contributed by atoms with van der Waals surface area (Å²) in [5, 5.41) is 4.00. The lowest BCUT2D eigenvalue weighted by molar-refractivity contribution is 0.0636. The topological polar surface area (TPSA) is 46.3 Å². The van der Waals surface area contributed by atoms with Crippen LogP contribution in [0.2, 0.25) is 0 Å². The molecule has 3 aromatic heterocycles. The third-order valence-corrected chi connectivity index (χ3v) is 6.46. The molecule has 1 saturated carbocycles. The Morgan fingerprint density at radius 3 is 2.82 bits per heavy atom. The Morgan fingerprint density at radius 2 is 2.04 bits per heavy atom. The monoisotopic (exact) mass is 390 g/mol. The number of carbonyl (C=O) groups excluding carboxylic acids is 1. The minimum absolute atomic E-state index is 0.0291. The van der Waals surface area contributed by atoms with Gasteiger partial charge in [0.1, 0.15) is 0 Å².